The van der Waals surface area contributed by atoms with Crippen molar-refractivity contribution in [3.8, 4) is 0 Å². The van der Waals surface area contributed by atoms with Crippen LogP contribution < -0.4 is 0 Å². The molecular weight excluding hydrogens is 174 g/mol. The highest BCUT2D eigenvalue weighted by molar-refractivity contribution is 5.78. The van der Waals surface area contributed by atoms with Crippen LogP contribution in [0.3, 0.4) is 0 Å². The number of rotatable bonds is 3. The van der Waals surface area contributed by atoms with Crippen LogP contribution in [0.25, 0.3) is 11.0 Å². The number of aryl methyl sites for hydroxylation is 1. The van der Waals surface area contributed by atoms with E-state index in [0.717, 1.165) is 23.9 Å². The Morgan fingerprint density at radius 2 is 2.43 bits per heavy atom. The van der Waals surface area contributed by atoms with Crippen LogP contribution in [0, 0.1) is 0 Å². The molecule has 2 rings (SSSR count). The van der Waals surface area contributed by atoms with Crippen LogP contribution in [0.2, 0.25) is 0 Å². The molecule has 0 unspecified atom stereocenters. The van der Waals surface area contributed by atoms with Crippen LogP contribution in [0.5, 0.6) is 0 Å². The quantitative estimate of drug-likeness (QED) is 0.735. The van der Waals surface area contributed by atoms with E-state index in [-0.39, 0.29) is 0 Å². The zero-order valence-corrected chi connectivity index (χ0v) is 8.20. The predicted octanol–water partition coefficient (Wildman–Crippen LogP) is 2.20. The van der Waals surface area contributed by atoms with Gasteiger partial charge in [-0.15, -0.1) is 0 Å². The first-order valence-electron chi connectivity index (χ1n) is 4.73. The van der Waals surface area contributed by atoms with E-state index in [1.54, 1.807) is 13.4 Å². The SMILES string of the molecule is CN=CCCc1cccc2[nH]cnc12. The van der Waals surface area contributed by atoms with Gasteiger partial charge in [0.2, 0.25) is 0 Å². The van der Waals surface area contributed by atoms with Crippen LogP contribution in [0.15, 0.2) is 29.5 Å². The summed E-state index contributed by atoms with van der Waals surface area (Å²) in [5.74, 6) is 0. The highest BCUT2D eigenvalue weighted by Gasteiger charge is 2.01. The summed E-state index contributed by atoms with van der Waals surface area (Å²) in [6, 6.07) is 6.21. The third-order valence-corrected chi connectivity index (χ3v) is 2.26. The first kappa shape index (κ1) is 8.94. The molecule has 0 bridgehead atoms. The van der Waals surface area contributed by atoms with Crippen LogP contribution in [0.1, 0.15) is 12.0 Å². The summed E-state index contributed by atoms with van der Waals surface area (Å²) in [5.41, 5.74) is 3.47. The fourth-order valence-electron chi connectivity index (χ4n) is 1.58. The normalized spacial score (nSPS) is 11.5. The Bertz CT molecular complexity index is 442. The van der Waals surface area contributed by atoms with E-state index in [1.807, 2.05) is 12.3 Å². The zero-order chi connectivity index (χ0) is 9.80. The third kappa shape index (κ3) is 1.66. The fraction of sp³-hybridized carbons (Fsp3) is 0.273. The number of hydrogen-bond donors (Lipinski definition) is 1. The second-order valence-corrected chi connectivity index (χ2v) is 3.20. The Balaban J connectivity index is 2.27. The van der Waals surface area contributed by atoms with E-state index in [0.29, 0.717) is 0 Å². The Morgan fingerprint density at radius 3 is 3.29 bits per heavy atom. The minimum atomic E-state index is 0.975. The molecule has 0 fully saturated rings. The number of benzene rings is 1. The Hall–Kier alpha value is -1.64. The summed E-state index contributed by atoms with van der Waals surface area (Å²) < 4.78 is 0. The van der Waals surface area contributed by atoms with Crippen molar-refractivity contribution in [2.75, 3.05) is 7.05 Å². The molecule has 0 spiro atoms. The van der Waals surface area contributed by atoms with E-state index in [1.165, 1.54) is 5.56 Å². The lowest BCUT2D eigenvalue weighted by atomic mass is 10.1. The lowest BCUT2D eigenvalue weighted by molar-refractivity contribution is 1.06. The minimum Gasteiger partial charge on any atom is -0.345 e. The van der Waals surface area contributed by atoms with Crippen molar-refractivity contribution in [1.29, 1.82) is 0 Å². The van der Waals surface area contributed by atoms with E-state index >= 15 is 0 Å². The van der Waals surface area contributed by atoms with Gasteiger partial charge in [0, 0.05) is 7.05 Å². The molecule has 0 saturated carbocycles. The molecule has 72 valence electrons. The van der Waals surface area contributed by atoms with Crippen LogP contribution in [0.4, 0.5) is 0 Å². The first-order valence-corrected chi connectivity index (χ1v) is 4.73. The van der Waals surface area contributed by atoms with Gasteiger partial charge in [0.15, 0.2) is 0 Å². The maximum atomic E-state index is 4.30. The second kappa shape index (κ2) is 4.05. The Kier molecular flexibility index (Phi) is 2.58. The highest BCUT2D eigenvalue weighted by Crippen LogP contribution is 2.15. The minimum absolute atomic E-state index is 0.975. The largest absolute Gasteiger partial charge is 0.345 e. The summed E-state index contributed by atoms with van der Waals surface area (Å²) >= 11 is 0. The number of imidazole rings is 1. The number of aliphatic imine (C=N–C) groups is 1. The van der Waals surface area contributed by atoms with E-state index in [4.69, 9.17) is 0 Å². The van der Waals surface area contributed by atoms with Gasteiger partial charge >= 0.3 is 0 Å². The molecule has 3 nitrogen and oxygen atoms in total. The monoisotopic (exact) mass is 187 g/mol. The maximum absolute atomic E-state index is 4.30. The molecule has 1 aromatic carbocycles. The van der Waals surface area contributed by atoms with Gasteiger partial charge in [0.1, 0.15) is 0 Å². The van der Waals surface area contributed by atoms with Gasteiger partial charge in [-0.2, -0.15) is 0 Å². The van der Waals surface area contributed by atoms with Crippen LogP contribution >= 0.6 is 0 Å². The summed E-state index contributed by atoms with van der Waals surface area (Å²) in [7, 11) is 1.80. The number of hydrogen-bond acceptors (Lipinski definition) is 2. The lowest BCUT2D eigenvalue weighted by Gasteiger charge is -1.98. The molecule has 0 atom stereocenters. The van der Waals surface area contributed by atoms with Crippen molar-refractivity contribution in [2.24, 2.45) is 4.99 Å². The molecule has 0 aliphatic heterocycles. The summed E-state index contributed by atoms with van der Waals surface area (Å²) in [6.07, 6.45) is 5.65. The maximum Gasteiger partial charge on any atom is 0.0931 e. The molecule has 0 amide bonds. The van der Waals surface area contributed by atoms with Gasteiger partial charge in [-0.3, -0.25) is 0 Å². The Morgan fingerprint density at radius 1 is 1.50 bits per heavy atom. The highest BCUT2D eigenvalue weighted by atomic mass is 14.9. The number of nitrogens with one attached hydrogen (secondary N) is 1. The fourth-order valence-corrected chi connectivity index (χ4v) is 1.58. The topological polar surface area (TPSA) is 41.0 Å². The summed E-state index contributed by atoms with van der Waals surface area (Å²) in [5, 5.41) is 0. The van der Waals surface area contributed by atoms with Crippen molar-refractivity contribution < 1.29 is 0 Å². The number of fused-ring (bicyclic) bond motifs is 1. The first-order chi connectivity index (χ1) is 6.92. The number of para-hydroxylation sites is 1. The molecule has 0 radical (unpaired) electrons. The molecule has 0 saturated heterocycles. The van der Waals surface area contributed by atoms with E-state index in [2.05, 4.69) is 27.1 Å². The van der Waals surface area contributed by atoms with Crippen molar-refractivity contribution in [3.05, 3.63) is 30.1 Å². The molecule has 1 aromatic heterocycles. The zero-order valence-electron chi connectivity index (χ0n) is 8.20. The second-order valence-electron chi connectivity index (χ2n) is 3.20. The number of H-pyrrole nitrogens is 1. The number of aromatic nitrogens is 2. The van der Waals surface area contributed by atoms with Gasteiger partial charge in [-0.1, -0.05) is 12.1 Å². The van der Waals surface area contributed by atoms with E-state index in [9.17, 15) is 0 Å². The number of nitrogens with zero attached hydrogens (tertiary/aromatic N) is 2. The van der Waals surface area contributed by atoms with Crippen molar-refractivity contribution in [2.45, 2.75) is 12.8 Å². The van der Waals surface area contributed by atoms with Gasteiger partial charge in [-0.05, 0) is 30.7 Å². The average Bonchev–Trinajstić information content (AvgIpc) is 2.67. The molecule has 2 aromatic rings. The summed E-state index contributed by atoms with van der Waals surface area (Å²) in [4.78, 5) is 11.4. The lowest BCUT2D eigenvalue weighted by Crippen LogP contribution is -1.87. The molecule has 3 heteroatoms. The van der Waals surface area contributed by atoms with Gasteiger partial charge < -0.3 is 9.98 Å². The predicted molar refractivity (Wildman–Crippen MR) is 58.8 cm³/mol. The molecular formula is C11H13N3. The van der Waals surface area contributed by atoms with E-state index < -0.39 is 0 Å². The van der Waals surface area contributed by atoms with Gasteiger partial charge in [0.05, 0.1) is 17.4 Å². The standard InChI is InChI=1S/C11H13N3/c1-12-7-3-5-9-4-2-6-10-11(9)14-8-13-10/h2,4,6-8H,3,5H2,1H3,(H,13,14). The summed E-state index contributed by atoms with van der Waals surface area (Å²) in [6.45, 7) is 0. The van der Waals surface area contributed by atoms with Crippen LogP contribution in [-0.4, -0.2) is 23.2 Å². The Labute approximate surface area is 82.9 Å². The molecule has 1 N–H and O–H groups in total. The van der Waals surface area contributed by atoms with Gasteiger partial charge in [-0.25, -0.2) is 4.98 Å². The average molecular weight is 187 g/mol. The molecule has 0 aliphatic carbocycles. The van der Waals surface area contributed by atoms with Gasteiger partial charge in [0.25, 0.3) is 0 Å². The van der Waals surface area contributed by atoms with Crippen molar-refractivity contribution in [3.63, 3.8) is 0 Å². The molecule has 1 heterocycles. The number of aromatic amines is 1. The van der Waals surface area contributed by atoms with Crippen molar-refractivity contribution in [1.82, 2.24) is 9.97 Å². The van der Waals surface area contributed by atoms with Crippen LogP contribution in [-0.2, 0) is 6.42 Å². The smallest absolute Gasteiger partial charge is 0.0931 e. The molecule has 0 aliphatic rings. The third-order valence-electron chi connectivity index (χ3n) is 2.26. The van der Waals surface area contributed by atoms with Crippen molar-refractivity contribution >= 4 is 17.2 Å². The molecule has 14 heavy (non-hydrogen) atoms.